The van der Waals surface area contributed by atoms with Crippen LogP contribution in [0.4, 0.5) is 0 Å². The maximum absolute atomic E-state index is 13.8. The number of Topliss-reactive ketones (excluding diaryl/α,β-unsaturated/α-hetero) is 1. The van der Waals surface area contributed by atoms with Gasteiger partial charge in [0.1, 0.15) is 35.6 Å². The number of ether oxygens (including phenoxy) is 5. The van der Waals surface area contributed by atoms with Gasteiger partial charge in [-0.15, -0.1) is 0 Å². The highest BCUT2D eigenvalue weighted by Gasteiger charge is 2.50. The number of carbonyl (C=O) groups excluding carboxylic acids is 3. The van der Waals surface area contributed by atoms with Crippen LogP contribution in [0.2, 0.25) is 0 Å². The van der Waals surface area contributed by atoms with Crippen LogP contribution in [0.5, 0.6) is 17.2 Å². The number of rotatable bonds is 7. The summed E-state index contributed by atoms with van der Waals surface area (Å²) in [6.07, 6.45) is -2.03. The molecule has 0 radical (unpaired) electrons. The molecule has 2 aliphatic heterocycles. The number of hydrogen-bond acceptors (Lipinski definition) is 13. The number of hydrogen-bond donors (Lipinski definition) is 5. The Bertz CT molecular complexity index is 1520. The fraction of sp³-hybridized carbons (Fsp3) is 0.531. The molecule has 13 nitrogen and oxygen atoms in total. The largest absolute Gasteiger partial charge is 0.507 e. The normalized spacial score (nSPS) is 31.1. The Morgan fingerprint density at radius 1 is 1.07 bits per heavy atom. The van der Waals surface area contributed by atoms with Crippen molar-refractivity contribution >= 4 is 17.3 Å². The molecule has 2 heterocycles. The van der Waals surface area contributed by atoms with Gasteiger partial charge in [0.2, 0.25) is 5.78 Å². The Morgan fingerprint density at radius 2 is 1.82 bits per heavy atom. The molecule has 2 saturated heterocycles. The SMILES string of the molecule is COc1cccc2c1C(=O)c1c(O)c3c(c(O)c1C2=O)C[C@@](O)(C(=O)CO)C[C@@H]3O[C@@H]1C[C@@H](N)[C@@H](O[C@H]2CCCCO2)[C@@H](C)O1. The Kier molecular flexibility index (Phi) is 8.46. The molecule has 0 amide bonds. The first-order chi connectivity index (χ1) is 21.5. The highest BCUT2D eigenvalue weighted by Crippen LogP contribution is 2.52. The molecule has 2 fully saturated rings. The molecular formula is C32H37NO12. The molecule has 2 aliphatic carbocycles. The minimum atomic E-state index is -2.24. The van der Waals surface area contributed by atoms with E-state index in [1.807, 2.05) is 0 Å². The van der Waals surface area contributed by atoms with E-state index < -0.39 is 102 Å². The Labute approximate surface area is 258 Å². The molecule has 4 aliphatic rings. The maximum Gasteiger partial charge on any atom is 0.202 e. The fourth-order valence-electron chi connectivity index (χ4n) is 6.95. The van der Waals surface area contributed by atoms with Crippen LogP contribution in [0.1, 0.15) is 88.1 Å². The molecule has 6 N–H and O–H groups in total. The molecule has 13 heteroatoms. The van der Waals surface area contributed by atoms with E-state index in [9.17, 15) is 34.8 Å². The number of methoxy groups -OCH3 is 1. The van der Waals surface area contributed by atoms with Crippen molar-refractivity contribution in [1.29, 1.82) is 0 Å². The zero-order valence-electron chi connectivity index (χ0n) is 25.0. The lowest BCUT2D eigenvalue weighted by Gasteiger charge is -2.43. The highest BCUT2D eigenvalue weighted by atomic mass is 16.7. The lowest BCUT2D eigenvalue weighted by Crippen LogP contribution is -2.55. The van der Waals surface area contributed by atoms with Crippen LogP contribution >= 0.6 is 0 Å². The van der Waals surface area contributed by atoms with E-state index >= 15 is 0 Å². The van der Waals surface area contributed by atoms with Gasteiger partial charge in [-0.05, 0) is 32.3 Å². The van der Waals surface area contributed by atoms with Crippen molar-refractivity contribution in [2.24, 2.45) is 5.73 Å². The van der Waals surface area contributed by atoms with E-state index in [0.29, 0.717) is 6.61 Å². The van der Waals surface area contributed by atoms with Crippen LogP contribution in [0, 0.1) is 0 Å². The number of aliphatic hydroxyl groups is 2. The number of benzene rings is 2. The van der Waals surface area contributed by atoms with E-state index in [1.165, 1.54) is 25.3 Å². The number of nitrogens with two attached hydrogens (primary N) is 1. The van der Waals surface area contributed by atoms with Crippen molar-refractivity contribution in [1.82, 2.24) is 0 Å². The number of phenolic OH excluding ortho intramolecular Hbond substituents is 2. The number of carbonyl (C=O) groups is 3. The second kappa shape index (κ2) is 12.1. The lowest BCUT2D eigenvalue weighted by molar-refractivity contribution is -0.281. The summed E-state index contributed by atoms with van der Waals surface area (Å²) >= 11 is 0. The van der Waals surface area contributed by atoms with E-state index in [0.717, 1.165) is 19.3 Å². The molecular weight excluding hydrogens is 590 g/mol. The van der Waals surface area contributed by atoms with Crippen molar-refractivity contribution in [3.8, 4) is 17.2 Å². The van der Waals surface area contributed by atoms with Gasteiger partial charge in [0.25, 0.3) is 0 Å². The van der Waals surface area contributed by atoms with Gasteiger partial charge >= 0.3 is 0 Å². The predicted octanol–water partition coefficient (Wildman–Crippen LogP) is 1.55. The molecule has 2 aromatic rings. The summed E-state index contributed by atoms with van der Waals surface area (Å²) < 4.78 is 29.5. The van der Waals surface area contributed by atoms with Crippen molar-refractivity contribution in [2.75, 3.05) is 20.3 Å². The molecule has 242 valence electrons. The predicted molar refractivity (Wildman–Crippen MR) is 154 cm³/mol. The molecule has 0 bridgehead atoms. The molecule has 6 rings (SSSR count). The molecule has 0 saturated carbocycles. The quantitative estimate of drug-likeness (QED) is 0.236. The van der Waals surface area contributed by atoms with Gasteiger partial charge in [0, 0.05) is 48.6 Å². The average Bonchev–Trinajstić information content (AvgIpc) is 3.02. The van der Waals surface area contributed by atoms with Gasteiger partial charge in [-0.3, -0.25) is 14.4 Å². The Balaban J connectivity index is 1.38. The summed E-state index contributed by atoms with van der Waals surface area (Å²) in [4.78, 5) is 40.2. The van der Waals surface area contributed by atoms with Crippen molar-refractivity contribution in [3.63, 3.8) is 0 Å². The van der Waals surface area contributed by atoms with Crippen LogP contribution in [0.25, 0.3) is 0 Å². The first-order valence-corrected chi connectivity index (χ1v) is 15.1. The third-order valence-corrected chi connectivity index (χ3v) is 9.22. The van der Waals surface area contributed by atoms with Gasteiger partial charge in [0.15, 0.2) is 24.1 Å². The molecule has 2 aromatic carbocycles. The molecule has 7 atom stereocenters. The van der Waals surface area contributed by atoms with Crippen LogP contribution in [0.15, 0.2) is 18.2 Å². The zero-order valence-corrected chi connectivity index (χ0v) is 25.0. The Morgan fingerprint density at radius 3 is 2.49 bits per heavy atom. The highest BCUT2D eigenvalue weighted by molar-refractivity contribution is 6.31. The van der Waals surface area contributed by atoms with Crippen LogP contribution in [0.3, 0.4) is 0 Å². The van der Waals surface area contributed by atoms with Crippen LogP contribution < -0.4 is 10.5 Å². The summed E-state index contributed by atoms with van der Waals surface area (Å²) in [5.41, 5.74) is 2.98. The van der Waals surface area contributed by atoms with Gasteiger partial charge in [-0.1, -0.05) is 12.1 Å². The fourth-order valence-corrected chi connectivity index (χ4v) is 6.95. The van der Waals surface area contributed by atoms with Crippen molar-refractivity contribution in [2.45, 2.75) is 88.0 Å². The summed E-state index contributed by atoms with van der Waals surface area (Å²) in [7, 11) is 1.34. The summed E-state index contributed by atoms with van der Waals surface area (Å²) in [5.74, 6) is -3.67. The van der Waals surface area contributed by atoms with E-state index in [1.54, 1.807) is 6.92 Å². The minimum Gasteiger partial charge on any atom is -0.507 e. The van der Waals surface area contributed by atoms with Crippen molar-refractivity contribution < 1.29 is 58.5 Å². The average molecular weight is 628 g/mol. The molecule has 45 heavy (non-hydrogen) atoms. The van der Waals surface area contributed by atoms with Crippen molar-refractivity contribution in [3.05, 3.63) is 51.6 Å². The topological polar surface area (TPSA) is 204 Å². The van der Waals surface area contributed by atoms with Gasteiger partial charge in [-0.2, -0.15) is 0 Å². The van der Waals surface area contributed by atoms with E-state index in [-0.39, 0.29) is 34.4 Å². The van der Waals surface area contributed by atoms with Crippen LogP contribution in [-0.4, -0.2) is 94.5 Å². The monoisotopic (exact) mass is 627 g/mol. The minimum absolute atomic E-state index is 0.0409. The number of ketones is 3. The lowest BCUT2D eigenvalue weighted by atomic mass is 9.72. The zero-order chi connectivity index (χ0) is 32.2. The second-order valence-electron chi connectivity index (χ2n) is 12.1. The van der Waals surface area contributed by atoms with Gasteiger partial charge in [-0.25, -0.2) is 0 Å². The second-order valence-corrected chi connectivity index (χ2v) is 12.1. The first kappa shape index (κ1) is 31.5. The van der Waals surface area contributed by atoms with Gasteiger partial charge in [0.05, 0.1) is 36.0 Å². The number of fused-ring (bicyclic) bond motifs is 3. The Hall–Kier alpha value is -3.43. The standard InChI is InChI=1S/C32H37NO12/c1-14-31(45-21-8-3-4-9-42-21)17(33)10-22(43-14)44-19-12-32(40,20(35)13-34)11-16-24(19)30(39)26-25(28(16)37)27(36)15-6-5-7-18(41-2)23(15)29(26)38/h5-7,14,17,19,21-22,31,34,37,39-40H,3-4,8-13,33H2,1-2H3/t14-,17-,19+,21+,22-,31+,32+/m1/s1. The van der Waals surface area contributed by atoms with E-state index in [2.05, 4.69) is 0 Å². The molecule has 0 spiro atoms. The smallest absolute Gasteiger partial charge is 0.202 e. The van der Waals surface area contributed by atoms with Gasteiger partial charge < -0.3 is 49.8 Å². The summed E-state index contributed by atoms with van der Waals surface area (Å²) in [6.45, 7) is 1.35. The number of aromatic hydroxyl groups is 2. The third kappa shape index (κ3) is 5.31. The maximum atomic E-state index is 13.8. The first-order valence-electron chi connectivity index (χ1n) is 15.1. The molecule has 0 unspecified atom stereocenters. The van der Waals surface area contributed by atoms with Crippen LogP contribution in [-0.2, 0) is 30.2 Å². The number of aliphatic hydroxyl groups excluding tert-OH is 1. The third-order valence-electron chi connectivity index (χ3n) is 9.22. The van der Waals surface area contributed by atoms with E-state index in [4.69, 9.17) is 29.4 Å². The summed E-state index contributed by atoms with van der Waals surface area (Å²) in [6, 6.07) is 3.86. The molecule has 0 aromatic heterocycles. The summed E-state index contributed by atoms with van der Waals surface area (Å²) in [5, 5.41) is 44.2. The number of phenols is 2.